The van der Waals surface area contributed by atoms with E-state index in [1.54, 1.807) is 30.3 Å². The molecule has 0 aliphatic carbocycles. The zero-order valence-corrected chi connectivity index (χ0v) is 19.0. The maximum Gasteiger partial charge on any atom is 0.243 e. The van der Waals surface area contributed by atoms with Crippen molar-refractivity contribution in [3.63, 3.8) is 0 Å². The van der Waals surface area contributed by atoms with E-state index in [0.717, 1.165) is 12.8 Å². The Kier molecular flexibility index (Phi) is 6.85. The number of aromatic nitrogens is 2. The molecule has 0 spiro atoms. The van der Waals surface area contributed by atoms with Crippen molar-refractivity contribution in [3.05, 3.63) is 60.2 Å². The molecule has 1 aromatic heterocycles. The monoisotopic (exact) mass is 472 g/mol. The smallest absolute Gasteiger partial charge is 0.243 e. The fourth-order valence-corrected chi connectivity index (χ4v) is 5.10. The highest BCUT2D eigenvalue weighted by molar-refractivity contribution is 7.89. The highest BCUT2D eigenvalue weighted by Crippen LogP contribution is 2.25. The van der Waals surface area contributed by atoms with Crippen molar-refractivity contribution in [3.8, 4) is 11.4 Å². The van der Waals surface area contributed by atoms with Gasteiger partial charge in [-0.1, -0.05) is 18.1 Å². The molecule has 3 aromatic rings. The van der Waals surface area contributed by atoms with Crippen LogP contribution in [0.5, 0.6) is 0 Å². The number of piperidine rings is 1. The number of nitrogens with one attached hydrogen (secondary N) is 1. The fraction of sp³-hybridized carbons (Fsp3) is 0.348. The van der Waals surface area contributed by atoms with E-state index in [4.69, 9.17) is 4.52 Å². The number of aryl methyl sites for hydroxylation is 1. The topological polar surface area (TPSA) is 105 Å². The van der Waals surface area contributed by atoms with Gasteiger partial charge in [0.25, 0.3) is 0 Å². The lowest BCUT2D eigenvalue weighted by Gasteiger charge is -2.29. The van der Waals surface area contributed by atoms with Crippen LogP contribution in [0, 0.1) is 11.7 Å². The van der Waals surface area contributed by atoms with E-state index in [0.29, 0.717) is 36.1 Å². The lowest BCUT2D eigenvalue weighted by Crippen LogP contribution is -2.37. The van der Waals surface area contributed by atoms with Crippen LogP contribution in [0.4, 0.5) is 10.1 Å². The molecular weight excluding hydrogens is 447 g/mol. The normalized spacial score (nSPS) is 15.5. The number of nitrogens with zero attached hydrogens (tertiary/aromatic N) is 3. The predicted octanol–water partition coefficient (Wildman–Crippen LogP) is 3.87. The fourth-order valence-electron chi connectivity index (χ4n) is 3.63. The summed E-state index contributed by atoms with van der Waals surface area (Å²) in [7, 11) is -3.52. The third-order valence-corrected chi connectivity index (χ3v) is 7.55. The summed E-state index contributed by atoms with van der Waals surface area (Å²) in [6.07, 6.45) is 2.03. The number of carbonyl (C=O) groups is 1. The number of carbonyl (C=O) groups excluding carboxylic acids is 1. The number of amides is 1. The molecule has 1 N–H and O–H groups in total. The lowest BCUT2D eigenvalue weighted by molar-refractivity contribution is -0.116. The number of hydrogen-bond donors (Lipinski definition) is 1. The predicted molar refractivity (Wildman–Crippen MR) is 120 cm³/mol. The van der Waals surface area contributed by atoms with Gasteiger partial charge in [0.1, 0.15) is 5.82 Å². The molecule has 1 aliphatic rings. The van der Waals surface area contributed by atoms with Gasteiger partial charge in [0, 0.05) is 37.2 Å². The summed E-state index contributed by atoms with van der Waals surface area (Å²) in [5.74, 6) is 0.393. The van der Waals surface area contributed by atoms with Gasteiger partial charge in [-0.3, -0.25) is 4.79 Å². The average Bonchev–Trinajstić information content (AvgIpc) is 3.27. The highest BCUT2D eigenvalue weighted by Gasteiger charge is 2.28. The van der Waals surface area contributed by atoms with Crippen molar-refractivity contribution in [2.45, 2.75) is 37.5 Å². The van der Waals surface area contributed by atoms with Gasteiger partial charge in [-0.05, 0) is 61.2 Å². The molecular formula is C23H25FN4O4S. The number of sulfonamides is 1. The van der Waals surface area contributed by atoms with Gasteiger partial charge in [0.15, 0.2) is 0 Å². The Labute approximate surface area is 191 Å². The van der Waals surface area contributed by atoms with Crippen molar-refractivity contribution in [2.24, 2.45) is 5.92 Å². The first-order valence-electron chi connectivity index (χ1n) is 10.8. The molecule has 33 heavy (non-hydrogen) atoms. The van der Waals surface area contributed by atoms with Crippen LogP contribution < -0.4 is 5.32 Å². The van der Waals surface area contributed by atoms with E-state index < -0.39 is 15.8 Å². The van der Waals surface area contributed by atoms with Gasteiger partial charge >= 0.3 is 0 Å². The number of hydrogen-bond acceptors (Lipinski definition) is 6. The Morgan fingerprint density at radius 3 is 2.61 bits per heavy atom. The quantitative estimate of drug-likeness (QED) is 0.560. The van der Waals surface area contributed by atoms with Gasteiger partial charge in [-0.25, -0.2) is 12.8 Å². The molecule has 10 heteroatoms. The molecule has 4 rings (SSSR count). The van der Waals surface area contributed by atoms with Crippen molar-refractivity contribution in [1.29, 1.82) is 0 Å². The Hall–Kier alpha value is -3.11. The van der Waals surface area contributed by atoms with Crippen LogP contribution in [0.25, 0.3) is 11.4 Å². The molecule has 0 radical (unpaired) electrons. The molecule has 1 aliphatic heterocycles. The zero-order valence-electron chi connectivity index (χ0n) is 18.2. The average molecular weight is 473 g/mol. The van der Waals surface area contributed by atoms with Crippen LogP contribution in [-0.2, 0) is 21.2 Å². The summed E-state index contributed by atoms with van der Waals surface area (Å²) in [6.45, 7) is 3.20. The minimum atomic E-state index is -3.52. The van der Waals surface area contributed by atoms with Gasteiger partial charge < -0.3 is 9.84 Å². The second kappa shape index (κ2) is 9.80. The van der Waals surface area contributed by atoms with Crippen LogP contribution in [0.3, 0.4) is 0 Å². The maximum atomic E-state index is 13.2. The minimum Gasteiger partial charge on any atom is -0.339 e. The van der Waals surface area contributed by atoms with Crippen molar-refractivity contribution < 1.29 is 22.1 Å². The van der Waals surface area contributed by atoms with Crippen LogP contribution in [-0.4, -0.2) is 41.9 Å². The number of anilines is 1. The maximum absolute atomic E-state index is 13.2. The summed E-state index contributed by atoms with van der Waals surface area (Å²) >= 11 is 0. The standard InChI is InChI=1S/C23H25FN4O4S/c1-16-11-13-28(14-12-16)33(30,31)20-7-5-17(6-8-20)23-26-22(32-27-23)10-9-21(29)25-19-4-2-3-18(24)15-19/h2-8,15-16H,9-14H2,1H3,(H,25,29). The molecule has 1 fully saturated rings. The van der Waals surface area contributed by atoms with Crippen LogP contribution >= 0.6 is 0 Å². The van der Waals surface area contributed by atoms with E-state index in [1.165, 1.54) is 22.5 Å². The Morgan fingerprint density at radius 2 is 1.91 bits per heavy atom. The molecule has 0 unspecified atom stereocenters. The third-order valence-electron chi connectivity index (χ3n) is 5.64. The molecule has 1 saturated heterocycles. The van der Waals surface area contributed by atoms with Gasteiger partial charge in [0.05, 0.1) is 4.90 Å². The molecule has 2 aromatic carbocycles. The second-order valence-corrected chi connectivity index (χ2v) is 10.1. The first-order valence-corrected chi connectivity index (χ1v) is 12.2. The van der Waals surface area contributed by atoms with E-state index in [-0.39, 0.29) is 29.5 Å². The Morgan fingerprint density at radius 1 is 1.18 bits per heavy atom. The van der Waals surface area contributed by atoms with E-state index in [9.17, 15) is 17.6 Å². The molecule has 8 nitrogen and oxygen atoms in total. The molecule has 0 bridgehead atoms. The molecule has 2 heterocycles. The van der Waals surface area contributed by atoms with Gasteiger partial charge in [-0.15, -0.1) is 0 Å². The molecule has 1 amide bonds. The first kappa shape index (κ1) is 23.1. The zero-order chi connectivity index (χ0) is 23.4. The van der Waals surface area contributed by atoms with Crippen molar-refractivity contribution in [1.82, 2.24) is 14.4 Å². The lowest BCUT2D eigenvalue weighted by atomic mass is 10.0. The summed E-state index contributed by atoms with van der Waals surface area (Å²) in [5, 5.41) is 6.53. The second-order valence-electron chi connectivity index (χ2n) is 8.18. The van der Waals surface area contributed by atoms with Crippen molar-refractivity contribution >= 4 is 21.6 Å². The van der Waals surface area contributed by atoms with E-state index in [1.807, 2.05) is 0 Å². The number of benzene rings is 2. The van der Waals surface area contributed by atoms with Crippen LogP contribution in [0.2, 0.25) is 0 Å². The number of halogens is 1. The van der Waals surface area contributed by atoms with E-state index >= 15 is 0 Å². The van der Waals surface area contributed by atoms with Gasteiger partial charge in [0.2, 0.25) is 27.6 Å². The summed E-state index contributed by atoms with van der Waals surface area (Å²) < 4.78 is 45.7. The molecule has 0 saturated carbocycles. The van der Waals surface area contributed by atoms with E-state index in [2.05, 4.69) is 22.4 Å². The summed E-state index contributed by atoms with van der Waals surface area (Å²) in [5.41, 5.74) is 0.987. The van der Waals surface area contributed by atoms with Crippen LogP contribution in [0.15, 0.2) is 57.9 Å². The van der Waals surface area contributed by atoms with Gasteiger partial charge in [-0.2, -0.15) is 9.29 Å². The number of rotatable bonds is 7. The van der Waals surface area contributed by atoms with Crippen molar-refractivity contribution in [2.75, 3.05) is 18.4 Å². The largest absolute Gasteiger partial charge is 0.339 e. The van der Waals surface area contributed by atoms with Crippen LogP contribution in [0.1, 0.15) is 32.1 Å². The highest BCUT2D eigenvalue weighted by atomic mass is 32.2. The molecule has 174 valence electrons. The SMILES string of the molecule is CC1CCN(S(=O)(=O)c2ccc(-c3noc(CCC(=O)Nc4cccc(F)c4)n3)cc2)CC1. The first-order chi connectivity index (χ1) is 15.8. The summed E-state index contributed by atoms with van der Waals surface area (Å²) in [6, 6.07) is 12.0. The third kappa shape index (κ3) is 5.63. The Balaban J connectivity index is 1.36. The minimum absolute atomic E-state index is 0.0871. The molecule has 0 atom stereocenters. The Bertz CT molecular complexity index is 1220. The summed E-state index contributed by atoms with van der Waals surface area (Å²) in [4.78, 5) is 16.6.